The van der Waals surface area contributed by atoms with Crippen LogP contribution in [0.5, 0.6) is 5.75 Å². The van der Waals surface area contributed by atoms with E-state index in [0.717, 1.165) is 40.3 Å². The summed E-state index contributed by atoms with van der Waals surface area (Å²) in [6, 6.07) is 6.34. The Kier molecular flexibility index (Phi) is 4.28. The molecular weight excluding hydrogens is 332 g/mol. The third-order valence-electron chi connectivity index (χ3n) is 5.01. The fourth-order valence-corrected chi connectivity index (χ4v) is 4.00. The molecule has 25 heavy (non-hydrogen) atoms. The Morgan fingerprint density at radius 3 is 2.80 bits per heavy atom. The number of fused-ring (bicyclic) bond motifs is 1. The normalized spacial score (nSPS) is 18.8. The Bertz CT molecular complexity index is 844. The Morgan fingerprint density at radius 1 is 1.32 bits per heavy atom. The van der Waals surface area contributed by atoms with E-state index in [-0.39, 0.29) is 5.56 Å². The summed E-state index contributed by atoms with van der Waals surface area (Å²) in [5.74, 6) is 2.72. The van der Waals surface area contributed by atoms with Crippen LogP contribution < -0.4 is 15.0 Å². The molecule has 132 valence electrons. The summed E-state index contributed by atoms with van der Waals surface area (Å²) in [7, 11) is 1.81. The molecule has 2 aliphatic rings. The van der Waals surface area contributed by atoms with Gasteiger partial charge in [-0.3, -0.25) is 4.79 Å². The fourth-order valence-electron chi connectivity index (χ4n) is 3.57. The maximum Gasteiger partial charge on any atom is 0.253 e. The predicted molar refractivity (Wildman–Crippen MR) is 104 cm³/mol. The van der Waals surface area contributed by atoms with Crippen molar-refractivity contribution in [2.75, 3.05) is 10.5 Å². The van der Waals surface area contributed by atoms with Gasteiger partial charge in [0.05, 0.1) is 0 Å². The molecule has 0 radical (unpaired) electrons. The Morgan fingerprint density at radius 2 is 2.12 bits per heavy atom. The maximum atomic E-state index is 12.1. The van der Waals surface area contributed by atoms with Crippen LogP contribution in [0.4, 0.5) is 5.69 Å². The number of rotatable bonds is 5. The van der Waals surface area contributed by atoms with Gasteiger partial charge in [0, 0.05) is 53.4 Å². The van der Waals surface area contributed by atoms with Crippen LogP contribution in [0, 0.1) is 12.8 Å². The van der Waals surface area contributed by atoms with Gasteiger partial charge in [0.25, 0.3) is 5.56 Å². The fraction of sp³-hybridized carbons (Fsp3) is 0.450. The standard InChI is InChI=1S/C20H24N2O2S/c1-4-25-21-16-8-14-9-18(13-5-6-13)24-19(14)17(10-16)15-7-12(2)20(23)22(3)11-15/h7-8,10-11,13,18,21H,4-6,9H2,1-3H3. The van der Waals surface area contributed by atoms with E-state index in [1.165, 1.54) is 18.4 Å². The summed E-state index contributed by atoms with van der Waals surface area (Å²) < 4.78 is 11.4. The monoisotopic (exact) mass is 356 g/mol. The van der Waals surface area contributed by atoms with Crippen molar-refractivity contribution in [3.63, 3.8) is 0 Å². The minimum Gasteiger partial charge on any atom is -0.489 e. The first kappa shape index (κ1) is 16.6. The lowest BCUT2D eigenvalue weighted by Gasteiger charge is -2.15. The van der Waals surface area contributed by atoms with Gasteiger partial charge in [-0.15, -0.1) is 0 Å². The van der Waals surface area contributed by atoms with Gasteiger partial charge in [0.15, 0.2) is 0 Å². The predicted octanol–water partition coefficient (Wildman–Crippen LogP) is 4.15. The van der Waals surface area contributed by atoms with Crippen molar-refractivity contribution in [1.82, 2.24) is 4.57 Å². The molecule has 0 amide bonds. The number of aromatic nitrogens is 1. The summed E-state index contributed by atoms with van der Waals surface area (Å²) in [6.45, 7) is 4.00. The van der Waals surface area contributed by atoms with Gasteiger partial charge in [-0.05, 0) is 43.9 Å². The van der Waals surface area contributed by atoms with E-state index in [1.807, 2.05) is 26.2 Å². The van der Waals surface area contributed by atoms with Gasteiger partial charge in [-0.25, -0.2) is 0 Å². The second-order valence-electron chi connectivity index (χ2n) is 7.07. The van der Waals surface area contributed by atoms with Crippen molar-refractivity contribution in [3.05, 3.63) is 45.9 Å². The molecule has 1 unspecified atom stereocenters. The highest BCUT2D eigenvalue weighted by Gasteiger charge is 2.38. The third-order valence-corrected chi connectivity index (χ3v) is 5.68. The summed E-state index contributed by atoms with van der Waals surface area (Å²) >= 11 is 1.69. The van der Waals surface area contributed by atoms with Crippen molar-refractivity contribution in [1.29, 1.82) is 0 Å². The molecule has 1 saturated carbocycles. The van der Waals surface area contributed by atoms with Gasteiger partial charge in [-0.2, -0.15) is 0 Å². The van der Waals surface area contributed by atoms with Crippen molar-refractivity contribution in [3.8, 4) is 16.9 Å². The molecular formula is C20H24N2O2S. The smallest absolute Gasteiger partial charge is 0.253 e. The van der Waals surface area contributed by atoms with Gasteiger partial charge in [0.1, 0.15) is 11.9 Å². The summed E-state index contributed by atoms with van der Waals surface area (Å²) in [5.41, 5.74) is 5.31. The van der Waals surface area contributed by atoms with E-state index in [0.29, 0.717) is 12.0 Å². The van der Waals surface area contributed by atoms with Crippen LogP contribution in [0.15, 0.2) is 29.2 Å². The molecule has 5 heteroatoms. The van der Waals surface area contributed by atoms with E-state index in [2.05, 4.69) is 23.8 Å². The summed E-state index contributed by atoms with van der Waals surface area (Å²) in [4.78, 5) is 12.1. The van der Waals surface area contributed by atoms with E-state index >= 15 is 0 Å². The Balaban J connectivity index is 1.80. The highest BCUT2D eigenvalue weighted by atomic mass is 32.2. The SMILES string of the molecule is CCSNc1cc2c(c(-c3cc(C)c(=O)n(C)c3)c1)OC(C1CC1)C2. The second-order valence-corrected chi connectivity index (χ2v) is 8.14. The molecule has 4 nitrogen and oxygen atoms in total. The molecule has 0 saturated heterocycles. The molecule has 0 bridgehead atoms. The van der Waals surface area contributed by atoms with Gasteiger partial charge < -0.3 is 14.0 Å². The zero-order valence-electron chi connectivity index (χ0n) is 15.0. The van der Waals surface area contributed by atoms with Crippen molar-refractivity contribution < 1.29 is 4.74 Å². The Hall–Kier alpha value is -1.88. The molecule has 2 heterocycles. The number of hydrogen-bond acceptors (Lipinski definition) is 4. The quantitative estimate of drug-likeness (QED) is 0.817. The molecule has 2 aromatic rings. The average Bonchev–Trinajstić information content (AvgIpc) is 3.36. The van der Waals surface area contributed by atoms with Crippen molar-refractivity contribution in [2.24, 2.45) is 13.0 Å². The zero-order chi connectivity index (χ0) is 17.6. The van der Waals surface area contributed by atoms with E-state index in [4.69, 9.17) is 4.74 Å². The molecule has 1 aliphatic carbocycles. The summed E-state index contributed by atoms with van der Waals surface area (Å²) in [5, 5.41) is 0. The number of nitrogens with zero attached hydrogens (tertiary/aromatic N) is 1. The highest BCUT2D eigenvalue weighted by Crippen LogP contribution is 2.46. The molecule has 1 aliphatic heterocycles. The number of aryl methyl sites for hydroxylation is 2. The molecule has 0 spiro atoms. The average molecular weight is 356 g/mol. The van der Waals surface area contributed by atoms with Crippen LogP contribution in [0.25, 0.3) is 11.1 Å². The Labute approximate surface area is 152 Å². The van der Waals surface area contributed by atoms with Crippen LogP contribution in [0.2, 0.25) is 0 Å². The number of pyridine rings is 1. The van der Waals surface area contributed by atoms with Gasteiger partial charge in [0.2, 0.25) is 0 Å². The van der Waals surface area contributed by atoms with Crippen LogP contribution in [-0.2, 0) is 13.5 Å². The van der Waals surface area contributed by atoms with Crippen LogP contribution in [0.1, 0.15) is 30.9 Å². The lowest BCUT2D eigenvalue weighted by Crippen LogP contribution is -2.18. The first-order chi connectivity index (χ1) is 12.1. The first-order valence-corrected chi connectivity index (χ1v) is 9.94. The molecule has 1 aromatic carbocycles. The van der Waals surface area contributed by atoms with Crippen molar-refractivity contribution in [2.45, 2.75) is 39.2 Å². The molecule has 1 aromatic heterocycles. The lowest BCUT2D eigenvalue weighted by atomic mass is 9.99. The largest absolute Gasteiger partial charge is 0.489 e. The number of anilines is 1. The van der Waals surface area contributed by atoms with E-state index in [9.17, 15) is 4.79 Å². The van der Waals surface area contributed by atoms with E-state index < -0.39 is 0 Å². The third kappa shape index (κ3) is 3.17. The topological polar surface area (TPSA) is 43.3 Å². The molecule has 1 atom stereocenters. The van der Waals surface area contributed by atoms with Crippen molar-refractivity contribution >= 4 is 17.6 Å². The van der Waals surface area contributed by atoms with Gasteiger partial charge >= 0.3 is 0 Å². The van der Waals surface area contributed by atoms with E-state index in [1.54, 1.807) is 16.5 Å². The molecule has 1 fully saturated rings. The lowest BCUT2D eigenvalue weighted by molar-refractivity contribution is 0.208. The van der Waals surface area contributed by atoms with Crippen LogP contribution in [-0.4, -0.2) is 16.4 Å². The summed E-state index contributed by atoms with van der Waals surface area (Å²) in [6.07, 6.45) is 5.78. The van der Waals surface area contributed by atoms with Crippen LogP contribution >= 0.6 is 11.9 Å². The maximum absolute atomic E-state index is 12.1. The first-order valence-electron chi connectivity index (χ1n) is 8.96. The zero-order valence-corrected chi connectivity index (χ0v) is 15.8. The number of ether oxygens (including phenoxy) is 1. The minimum atomic E-state index is 0.0491. The number of benzene rings is 1. The second kappa shape index (κ2) is 6.45. The molecule has 4 rings (SSSR count). The highest BCUT2D eigenvalue weighted by molar-refractivity contribution is 8.00. The van der Waals surface area contributed by atoms with Gasteiger partial charge in [-0.1, -0.05) is 18.9 Å². The minimum absolute atomic E-state index is 0.0491. The van der Waals surface area contributed by atoms with Crippen LogP contribution in [0.3, 0.4) is 0 Å². The number of hydrogen-bond donors (Lipinski definition) is 1. The molecule has 1 N–H and O–H groups in total. The number of nitrogens with one attached hydrogen (secondary N) is 1.